The van der Waals surface area contributed by atoms with E-state index in [4.69, 9.17) is 10.5 Å². The normalized spacial score (nSPS) is 17.2. The topological polar surface area (TPSA) is 98.8 Å². The molecule has 3 N–H and O–H groups in total. The number of rotatable bonds is 6. The number of benzene rings is 1. The van der Waals surface area contributed by atoms with Crippen LogP contribution in [0.1, 0.15) is 18.7 Å². The fraction of sp³-hybridized carbons (Fsp3) is 0.375. The first-order valence-electron chi connectivity index (χ1n) is 8.11. The van der Waals surface area contributed by atoms with Gasteiger partial charge in [0.25, 0.3) is 0 Å². The fourth-order valence-corrected chi connectivity index (χ4v) is 4.30. The van der Waals surface area contributed by atoms with Crippen molar-refractivity contribution >= 4 is 45.0 Å². The van der Waals surface area contributed by atoms with Crippen molar-refractivity contribution in [3.05, 3.63) is 30.1 Å². The van der Waals surface area contributed by atoms with Crippen molar-refractivity contribution in [2.24, 2.45) is 0 Å². The van der Waals surface area contributed by atoms with Gasteiger partial charge in [-0.15, -0.1) is 10.2 Å². The number of nitrogens with one attached hydrogen (secondary N) is 1. The highest BCUT2D eigenvalue weighted by atomic mass is 32.2. The maximum Gasteiger partial charge on any atom is 0.206 e. The third-order valence-corrected chi connectivity index (χ3v) is 5.93. The number of anilines is 2. The van der Waals surface area contributed by atoms with E-state index in [1.54, 1.807) is 11.8 Å². The Bertz CT molecular complexity index is 865. The van der Waals surface area contributed by atoms with Crippen molar-refractivity contribution in [3.63, 3.8) is 0 Å². The van der Waals surface area contributed by atoms with Gasteiger partial charge in [-0.3, -0.25) is 0 Å². The molecule has 1 saturated heterocycles. The zero-order valence-corrected chi connectivity index (χ0v) is 15.1. The highest BCUT2D eigenvalue weighted by molar-refractivity contribution is 8.00. The molecule has 0 amide bonds. The van der Waals surface area contributed by atoms with Gasteiger partial charge in [0.15, 0.2) is 4.34 Å². The molecule has 130 valence electrons. The number of thioether (sulfide) groups is 1. The van der Waals surface area contributed by atoms with Crippen LogP contribution in [-0.4, -0.2) is 39.4 Å². The number of hydrogen-bond acceptors (Lipinski definition) is 9. The summed E-state index contributed by atoms with van der Waals surface area (Å²) < 4.78 is 6.47. The monoisotopic (exact) mass is 374 g/mol. The number of aromatic nitrogens is 4. The molecule has 25 heavy (non-hydrogen) atoms. The van der Waals surface area contributed by atoms with Crippen LogP contribution in [-0.2, 0) is 10.5 Å². The molecule has 0 saturated carbocycles. The number of hydrogen-bond donors (Lipinski definition) is 2. The van der Waals surface area contributed by atoms with Crippen LogP contribution in [0.5, 0.6) is 0 Å². The molecule has 2 aromatic heterocycles. The smallest absolute Gasteiger partial charge is 0.206 e. The molecule has 0 spiro atoms. The lowest BCUT2D eigenvalue weighted by atomic mass is 10.2. The summed E-state index contributed by atoms with van der Waals surface area (Å²) in [6.45, 7) is 1.64. The van der Waals surface area contributed by atoms with Gasteiger partial charge >= 0.3 is 0 Å². The molecular weight excluding hydrogens is 356 g/mol. The van der Waals surface area contributed by atoms with Crippen molar-refractivity contribution in [2.75, 3.05) is 24.2 Å². The number of nitrogens with zero attached hydrogens (tertiary/aromatic N) is 4. The second-order valence-electron chi connectivity index (χ2n) is 5.72. The lowest BCUT2D eigenvalue weighted by molar-refractivity contribution is 0.120. The lowest BCUT2D eigenvalue weighted by Gasteiger charge is -2.08. The van der Waals surface area contributed by atoms with E-state index in [1.165, 1.54) is 11.3 Å². The highest BCUT2D eigenvalue weighted by Gasteiger charge is 2.16. The van der Waals surface area contributed by atoms with Gasteiger partial charge in [0.1, 0.15) is 11.6 Å². The van der Waals surface area contributed by atoms with Crippen LogP contribution < -0.4 is 11.1 Å². The van der Waals surface area contributed by atoms with Gasteiger partial charge in [-0.25, -0.2) is 9.97 Å². The van der Waals surface area contributed by atoms with Gasteiger partial charge in [0.2, 0.25) is 5.13 Å². The van der Waals surface area contributed by atoms with E-state index < -0.39 is 0 Å². The third-order valence-electron chi connectivity index (χ3n) is 3.92. The van der Waals surface area contributed by atoms with Crippen molar-refractivity contribution in [3.8, 4) is 0 Å². The Kier molecular flexibility index (Phi) is 4.95. The van der Waals surface area contributed by atoms with E-state index in [-0.39, 0.29) is 6.10 Å². The van der Waals surface area contributed by atoms with Gasteiger partial charge in [-0.05, 0) is 25.0 Å². The molecule has 3 aromatic rings. The SMILES string of the molecule is Nc1nc(CSc2nnc(NC[C@H]3CCCO3)s2)nc2ccccc12. The quantitative estimate of drug-likeness (QED) is 0.636. The molecule has 1 aliphatic heterocycles. The lowest BCUT2D eigenvalue weighted by Crippen LogP contribution is -2.18. The van der Waals surface area contributed by atoms with Crippen LogP contribution in [0.2, 0.25) is 0 Å². The van der Waals surface area contributed by atoms with Crippen molar-refractivity contribution < 1.29 is 4.74 Å². The van der Waals surface area contributed by atoms with E-state index in [1.807, 2.05) is 24.3 Å². The van der Waals surface area contributed by atoms with Crippen molar-refractivity contribution in [2.45, 2.75) is 29.0 Å². The maximum atomic E-state index is 6.02. The average molecular weight is 374 g/mol. The Morgan fingerprint density at radius 2 is 2.20 bits per heavy atom. The van der Waals surface area contributed by atoms with E-state index >= 15 is 0 Å². The van der Waals surface area contributed by atoms with Crippen LogP contribution in [0.15, 0.2) is 28.6 Å². The van der Waals surface area contributed by atoms with Gasteiger partial charge in [0.05, 0.1) is 17.4 Å². The molecule has 9 heteroatoms. The summed E-state index contributed by atoms with van der Waals surface area (Å²) in [4.78, 5) is 8.94. The summed E-state index contributed by atoms with van der Waals surface area (Å²) in [5.41, 5.74) is 6.88. The summed E-state index contributed by atoms with van der Waals surface area (Å²) in [6.07, 6.45) is 2.53. The minimum atomic E-state index is 0.286. The van der Waals surface area contributed by atoms with Crippen molar-refractivity contribution in [1.82, 2.24) is 20.2 Å². The minimum absolute atomic E-state index is 0.286. The van der Waals surface area contributed by atoms with Crippen LogP contribution in [0.3, 0.4) is 0 Å². The molecule has 7 nitrogen and oxygen atoms in total. The first-order valence-corrected chi connectivity index (χ1v) is 9.91. The van der Waals surface area contributed by atoms with E-state index in [0.29, 0.717) is 17.4 Å². The second kappa shape index (κ2) is 7.51. The summed E-state index contributed by atoms with van der Waals surface area (Å²) in [6, 6.07) is 7.75. The minimum Gasteiger partial charge on any atom is -0.383 e. The molecule has 0 aliphatic carbocycles. The number of para-hydroxylation sites is 1. The number of nitrogen functional groups attached to an aromatic ring is 1. The molecule has 1 aromatic carbocycles. The Morgan fingerprint density at radius 3 is 3.08 bits per heavy atom. The fourth-order valence-electron chi connectivity index (χ4n) is 2.69. The summed E-state index contributed by atoms with van der Waals surface area (Å²) >= 11 is 3.09. The number of fused-ring (bicyclic) bond motifs is 1. The first kappa shape index (κ1) is 16.5. The number of ether oxygens (including phenoxy) is 1. The van der Waals surface area contributed by atoms with E-state index in [0.717, 1.165) is 46.4 Å². The predicted octanol–water partition coefficient (Wildman–Crippen LogP) is 2.95. The molecule has 0 bridgehead atoms. The molecule has 0 radical (unpaired) electrons. The summed E-state index contributed by atoms with van der Waals surface area (Å²) in [5, 5.41) is 13.4. The second-order valence-corrected chi connectivity index (χ2v) is 7.92. The van der Waals surface area contributed by atoms with Crippen LogP contribution >= 0.6 is 23.1 Å². The van der Waals surface area contributed by atoms with Gasteiger partial charge in [0, 0.05) is 18.5 Å². The van der Waals surface area contributed by atoms with Crippen LogP contribution in [0.4, 0.5) is 10.9 Å². The summed E-state index contributed by atoms with van der Waals surface area (Å²) in [7, 11) is 0. The zero-order chi connectivity index (χ0) is 17.1. The Labute approximate surface area is 153 Å². The molecular formula is C16H18N6OS2. The molecule has 1 aliphatic rings. The van der Waals surface area contributed by atoms with Crippen LogP contribution in [0.25, 0.3) is 10.9 Å². The Balaban J connectivity index is 1.36. The largest absolute Gasteiger partial charge is 0.383 e. The van der Waals surface area contributed by atoms with Crippen molar-refractivity contribution in [1.29, 1.82) is 0 Å². The first-order chi connectivity index (χ1) is 12.3. The summed E-state index contributed by atoms with van der Waals surface area (Å²) in [5.74, 6) is 1.82. The Morgan fingerprint density at radius 1 is 1.28 bits per heavy atom. The molecule has 3 heterocycles. The molecule has 4 rings (SSSR count). The molecule has 0 unspecified atom stereocenters. The Hall–Kier alpha value is -1.97. The average Bonchev–Trinajstić information content (AvgIpc) is 3.30. The van der Waals surface area contributed by atoms with E-state index in [2.05, 4.69) is 25.5 Å². The van der Waals surface area contributed by atoms with E-state index in [9.17, 15) is 0 Å². The number of nitrogens with two attached hydrogens (primary N) is 1. The van der Waals surface area contributed by atoms with Crippen LogP contribution in [0, 0.1) is 0 Å². The van der Waals surface area contributed by atoms with Gasteiger partial charge < -0.3 is 15.8 Å². The third kappa shape index (κ3) is 4.00. The molecule has 1 atom stereocenters. The molecule has 1 fully saturated rings. The zero-order valence-electron chi connectivity index (χ0n) is 13.5. The van der Waals surface area contributed by atoms with Gasteiger partial charge in [-0.2, -0.15) is 0 Å². The van der Waals surface area contributed by atoms with Gasteiger partial charge in [-0.1, -0.05) is 35.2 Å². The standard InChI is InChI=1S/C16H18N6OS2/c17-14-11-5-1-2-6-12(11)19-13(20-14)9-24-16-22-21-15(25-16)18-8-10-4-3-7-23-10/h1-2,5-6,10H,3-4,7-9H2,(H,18,21)(H2,17,19,20)/t10-/m1/s1. The predicted molar refractivity (Wildman–Crippen MR) is 101 cm³/mol. The highest BCUT2D eigenvalue weighted by Crippen LogP contribution is 2.28. The maximum absolute atomic E-state index is 6.02.